The highest BCUT2D eigenvalue weighted by Gasteiger charge is 2.30. The van der Waals surface area contributed by atoms with Crippen LogP contribution in [0.2, 0.25) is 0 Å². The Labute approximate surface area is 115 Å². The molecule has 0 aliphatic carbocycles. The van der Waals surface area contributed by atoms with Crippen LogP contribution in [0.25, 0.3) is 0 Å². The van der Waals surface area contributed by atoms with E-state index in [2.05, 4.69) is 21.9 Å². The third-order valence-electron chi connectivity index (χ3n) is 3.54. The Kier molecular flexibility index (Phi) is 3.35. The summed E-state index contributed by atoms with van der Waals surface area (Å²) in [4.78, 5) is 24.0. The lowest BCUT2D eigenvalue weighted by Crippen LogP contribution is -2.49. The van der Waals surface area contributed by atoms with Crippen LogP contribution in [0.4, 0.5) is 0 Å². The van der Waals surface area contributed by atoms with Gasteiger partial charge >= 0.3 is 0 Å². The Morgan fingerprint density at radius 1 is 1.53 bits per heavy atom. The maximum atomic E-state index is 12.4. The summed E-state index contributed by atoms with van der Waals surface area (Å²) in [5, 5.41) is 3.84. The molecule has 1 amide bonds. The second-order valence-corrected chi connectivity index (χ2v) is 5.51. The lowest BCUT2D eigenvalue weighted by Gasteiger charge is -2.38. The van der Waals surface area contributed by atoms with Crippen LogP contribution in [-0.2, 0) is 0 Å². The van der Waals surface area contributed by atoms with Crippen LogP contribution in [0.5, 0.6) is 0 Å². The first kappa shape index (κ1) is 12.4. The molecule has 2 aromatic heterocycles. The van der Waals surface area contributed by atoms with Crippen molar-refractivity contribution in [2.24, 2.45) is 0 Å². The van der Waals surface area contributed by atoms with Crippen LogP contribution < -0.4 is 0 Å². The van der Waals surface area contributed by atoms with Gasteiger partial charge in [-0.1, -0.05) is 0 Å². The number of hydrogen-bond acceptors (Lipinski definition) is 4. The normalized spacial score (nSPS) is 20.7. The van der Waals surface area contributed by atoms with Crippen molar-refractivity contribution >= 4 is 17.2 Å². The van der Waals surface area contributed by atoms with E-state index in [0.29, 0.717) is 6.54 Å². The van der Waals surface area contributed by atoms with Gasteiger partial charge in [0.15, 0.2) is 0 Å². The van der Waals surface area contributed by atoms with E-state index >= 15 is 0 Å². The Bertz CT molecular complexity index is 537. The summed E-state index contributed by atoms with van der Waals surface area (Å²) in [5.41, 5.74) is 0.785. The molecule has 2 aromatic rings. The zero-order valence-corrected chi connectivity index (χ0v) is 11.6. The first-order chi connectivity index (χ1) is 9.25. The first-order valence-corrected chi connectivity index (χ1v) is 7.21. The predicted octanol–water partition coefficient (Wildman–Crippen LogP) is 1.60. The van der Waals surface area contributed by atoms with E-state index in [1.165, 1.54) is 0 Å². The van der Waals surface area contributed by atoms with Gasteiger partial charge in [0.05, 0.1) is 11.6 Å². The first-order valence-electron chi connectivity index (χ1n) is 6.26. The largest absolute Gasteiger partial charge is 0.347 e. The van der Waals surface area contributed by atoms with Gasteiger partial charge in [0.1, 0.15) is 5.82 Å². The number of nitrogens with zero attached hydrogens (tertiary/aromatic N) is 3. The summed E-state index contributed by atoms with van der Waals surface area (Å²) < 4.78 is 0. The number of thiophene rings is 1. The lowest BCUT2D eigenvalue weighted by atomic mass is 10.1. The molecule has 1 atom stereocenters. The molecular weight excluding hydrogens is 260 g/mol. The van der Waals surface area contributed by atoms with Crippen LogP contribution >= 0.6 is 11.3 Å². The maximum absolute atomic E-state index is 12.4. The maximum Gasteiger partial charge on any atom is 0.254 e. The van der Waals surface area contributed by atoms with Gasteiger partial charge in [-0.25, -0.2) is 4.98 Å². The molecular formula is C13H16N4OS. The van der Waals surface area contributed by atoms with Gasteiger partial charge in [0.25, 0.3) is 5.91 Å². The molecule has 6 heteroatoms. The van der Waals surface area contributed by atoms with E-state index < -0.39 is 0 Å². The van der Waals surface area contributed by atoms with E-state index in [1.807, 2.05) is 27.9 Å². The quantitative estimate of drug-likeness (QED) is 0.906. The molecule has 3 heterocycles. The molecule has 1 aliphatic heterocycles. The number of likely N-dealkylation sites (N-methyl/N-ethyl adjacent to an activating group) is 1. The number of piperazine rings is 1. The van der Waals surface area contributed by atoms with Gasteiger partial charge in [-0.15, -0.1) is 0 Å². The van der Waals surface area contributed by atoms with Crippen LogP contribution in [0, 0.1) is 0 Å². The molecule has 0 spiro atoms. The molecule has 0 radical (unpaired) electrons. The van der Waals surface area contributed by atoms with Crippen LogP contribution in [0.15, 0.2) is 29.2 Å². The average molecular weight is 276 g/mol. The third kappa shape index (κ3) is 2.41. The minimum atomic E-state index is 0.117. The smallest absolute Gasteiger partial charge is 0.254 e. The van der Waals surface area contributed by atoms with Gasteiger partial charge in [-0.05, 0) is 18.5 Å². The van der Waals surface area contributed by atoms with Crippen molar-refractivity contribution in [3.63, 3.8) is 0 Å². The summed E-state index contributed by atoms with van der Waals surface area (Å²) in [6.45, 7) is 2.31. The minimum absolute atomic E-state index is 0.117. The number of rotatable bonds is 2. The second kappa shape index (κ2) is 5.14. The summed E-state index contributed by atoms with van der Waals surface area (Å²) >= 11 is 1.55. The highest BCUT2D eigenvalue weighted by atomic mass is 32.1. The minimum Gasteiger partial charge on any atom is -0.347 e. The molecule has 19 heavy (non-hydrogen) atoms. The van der Waals surface area contributed by atoms with E-state index in [0.717, 1.165) is 24.5 Å². The standard InChI is InChI=1S/C13H16N4OS/c1-16-5-6-17(13(18)10-2-7-19-9-10)8-11(16)12-14-3-4-15-12/h2-4,7,9,11H,5-6,8H2,1H3,(H,14,15)/t11-/m0/s1. The second-order valence-electron chi connectivity index (χ2n) is 4.73. The Morgan fingerprint density at radius 2 is 2.42 bits per heavy atom. The molecule has 0 saturated carbocycles. The molecule has 0 bridgehead atoms. The van der Waals surface area contributed by atoms with Crippen molar-refractivity contribution in [3.05, 3.63) is 40.6 Å². The topological polar surface area (TPSA) is 52.2 Å². The number of amides is 1. The summed E-state index contributed by atoms with van der Waals surface area (Å²) in [5.74, 6) is 1.04. The summed E-state index contributed by atoms with van der Waals surface area (Å²) in [7, 11) is 2.07. The highest BCUT2D eigenvalue weighted by Crippen LogP contribution is 2.22. The van der Waals surface area contributed by atoms with Crippen molar-refractivity contribution in [1.29, 1.82) is 0 Å². The molecule has 1 aliphatic rings. The number of carbonyl (C=O) groups excluding carboxylic acids is 1. The number of hydrogen-bond donors (Lipinski definition) is 1. The lowest BCUT2D eigenvalue weighted by molar-refractivity contribution is 0.0535. The average Bonchev–Trinajstić information content (AvgIpc) is 3.12. The number of nitrogens with one attached hydrogen (secondary N) is 1. The van der Waals surface area contributed by atoms with Crippen LogP contribution in [-0.4, -0.2) is 52.4 Å². The molecule has 0 unspecified atom stereocenters. The monoisotopic (exact) mass is 276 g/mol. The number of carbonyl (C=O) groups is 1. The van der Waals surface area contributed by atoms with Gasteiger partial charge in [-0.2, -0.15) is 11.3 Å². The number of imidazole rings is 1. The molecule has 5 nitrogen and oxygen atoms in total. The predicted molar refractivity (Wildman–Crippen MR) is 74.2 cm³/mol. The van der Waals surface area contributed by atoms with Crippen molar-refractivity contribution in [3.8, 4) is 0 Å². The Hall–Kier alpha value is -1.66. The van der Waals surface area contributed by atoms with Gasteiger partial charge in [-0.3, -0.25) is 9.69 Å². The van der Waals surface area contributed by atoms with Gasteiger partial charge in [0.2, 0.25) is 0 Å². The van der Waals surface area contributed by atoms with Gasteiger partial charge < -0.3 is 9.88 Å². The van der Waals surface area contributed by atoms with Crippen LogP contribution in [0.3, 0.4) is 0 Å². The van der Waals surface area contributed by atoms with Crippen molar-refractivity contribution in [1.82, 2.24) is 19.8 Å². The Morgan fingerprint density at radius 3 is 3.11 bits per heavy atom. The zero-order chi connectivity index (χ0) is 13.2. The van der Waals surface area contributed by atoms with Gasteiger partial charge in [0, 0.05) is 37.4 Å². The molecule has 1 N–H and O–H groups in total. The van der Waals surface area contributed by atoms with Crippen LogP contribution in [0.1, 0.15) is 22.2 Å². The molecule has 3 rings (SSSR count). The number of aromatic amines is 1. The van der Waals surface area contributed by atoms with Crippen molar-refractivity contribution in [2.75, 3.05) is 26.7 Å². The summed E-state index contributed by atoms with van der Waals surface area (Å²) in [6, 6.07) is 2.03. The van der Waals surface area contributed by atoms with E-state index in [1.54, 1.807) is 17.5 Å². The molecule has 1 saturated heterocycles. The SMILES string of the molecule is CN1CCN(C(=O)c2ccsc2)C[C@H]1c1ncc[nH]1. The fourth-order valence-electron chi connectivity index (χ4n) is 2.38. The van der Waals surface area contributed by atoms with E-state index in [-0.39, 0.29) is 11.9 Å². The van der Waals surface area contributed by atoms with Crippen molar-refractivity contribution < 1.29 is 4.79 Å². The fraction of sp³-hybridized carbons (Fsp3) is 0.385. The van der Waals surface area contributed by atoms with E-state index in [9.17, 15) is 4.79 Å². The van der Waals surface area contributed by atoms with Crippen molar-refractivity contribution in [2.45, 2.75) is 6.04 Å². The number of H-pyrrole nitrogens is 1. The zero-order valence-electron chi connectivity index (χ0n) is 10.7. The molecule has 0 aromatic carbocycles. The van der Waals surface area contributed by atoms with E-state index in [4.69, 9.17) is 0 Å². The molecule has 1 fully saturated rings. The highest BCUT2D eigenvalue weighted by molar-refractivity contribution is 7.08. The fourth-order valence-corrected chi connectivity index (χ4v) is 3.01. The Balaban J connectivity index is 1.77. The number of aromatic nitrogens is 2. The molecule has 100 valence electrons. The summed E-state index contributed by atoms with van der Waals surface area (Å²) in [6.07, 6.45) is 3.58. The third-order valence-corrected chi connectivity index (χ3v) is 4.22.